The molecular weight excluding hydrogens is 701 g/mol. The van der Waals surface area contributed by atoms with Crippen molar-refractivity contribution in [2.45, 2.75) is 0 Å². The van der Waals surface area contributed by atoms with Crippen LogP contribution >= 0.6 is 0 Å². The summed E-state index contributed by atoms with van der Waals surface area (Å²) in [5, 5.41) is 6.65. The molecule has 4 aromatic heterocycles. The lowest BCUT2D eigenvalue weighted by atomic mass is 9.97. The Hall–Kier alpha value is -7.83. The van der Waals surface area contributed by atoms with Crippen LogP contribution in [0.2, 0.25) is 0 Å². The van der Waals surface area contributed by atoms with E-state index in [0.29, 0.717) is 17.5 Å². The quantitative estimate of drug-likeness (QED) is 0.176. The van der Waals surface area contributed by atoms with Crippen molar-refractivity contribution in [2.75, 3.05) is 0 Å². The maximum absolute atomic E-state index is 6.73. The fourth-order valence-corrected chi connectivity index (χ4v) is 8.47. The van der Waals surface area contributed by atoms with E-state index in [4.69, 9.17) is 23.8 Å². The van der Waals surface area contributed by atoms with Crippen molar-refractivity contribution in [3.8, 4) is 51.0 Å². The predicted octanol–water partition coefficient (Wildman–Crippen LogP) is 13.4. The van der Waals surface area contributed by atoms with Gasteiger partial charge in [0.15, 0.2) is 17.5 Å². The van der Waals surface area contributed by atoms with Crippen LogP contribution in [0, 0.1) is 0 Å². The molecule has 0 atom stereocenters. The molecule has 12 rings (SSSR count). The Bertz CT molecular complexity index is 3410. The number of benzene rings is 8. The van der Waals surface area contributed by atoms with Gasteiger partial charge in [0.25, 0.3) is 0 Å². The van der Waals surface area contributed by atoms with E-state index in [0.717, 1.165) is 77.4 Å². The summed E-state index contributed by atoms with van der Waals surface area (Å²) in [6.07, 6.45) is 0. The van der Waals surface area contributed by atoms with Crippen LogP contribution in [0.3, 0.4) is 0 Å². The van der Waals surface area contributed by atoms with Gasteiger partial charge in [0.2, 0.25) is 0 Å². The van der Waals surface area contributed by atoms with E-state index in [1.165, 1.54) is 21.8 Å². The van der Waals surface area contributed by atoms with Crippen LogP contribution in [0.1, 0.15) is 0 Å². The van der Waals surface area contributed by atoms with E-state index in [1.807, 2.05) is 78.9 Å². The SMILES string of the molecule is c1ccc(-c2nc(-c3ccccc3)nc(-c3ccc4c(c3)oc3cccc(-c5cccc6c5oc5ccc(-n7c8ccccc8c8ccccc87)cc56)c34)n2)cc1. The number of hydrogen-bond donors (Lipinski definition) is 0. The largest absolute Gasteiger partial charge is 0.456 e. The Labute approximate surface area is 325 Å². The van der Waals surface area contributed by atoms with Gasteiger partial charge in [0.05, 0.1) is 11.0 Å². The zero-order chi connectivity index (χ0) is 37.5. The second-order valence-corrected chi connectivity index (χ2v) is 14.4. The number of para-hydroxylation sites is 3. The number of rotatable bonds is 5. The molecule has 0 radical (unpaired) electrons. The highest BCUT2D eigenvalue weighted by Crippen LogP contribution is 2.43. The number of aromatic nitrogens is 4. The van der Waals surface area contributed by atoms with E-state index < -0.39 is 0 Å². The summed E-state index contributed by atoms with van der Waals surface area (Å²) in [7, 11) is 0. The van der Waals surface area contributed by atoms with Crippen LogP contribution < -0.4 is 0 Å². The molecule has 0 spiro atoms. The average Bonchev–Trinajstić information content (AvgIpc) is 3.96. The lowest BCUT2D eigenvalue weighted by Crippen LogP contribution is -2.00. The highest BCUT2D eigenvalue weighted by molar-refractivity contribution is 6.18. The Kier molecular flexibility index (Phi) is 6.83. The molecule has 0 bridgehead atoms. The van der Waals surface area contributed by atoms with Gasteiger partial charge in [-0.1, -0.05) is 133 Å². The molecule has 8 aromatic carbocycles. The van der Waals surface area contributed by atoms with Gasteiger partial charge in [-0.3, -0.25) is 0 Å². The molecule has 0 aliphatic heterocycles. The zero-order valence-corrected chi connectivity index (χ0v) is 30.4. The molecule has 0 N–H and O–H groups in total. The number of hydrogen-bond acceptors (Lipinski definition) is 5. The van der Waals surface area contributed by atoms with Crippen LogP contribution in [0.4, 0.5) is 0 Å². The van der Waals surface area contributed by atoms with Crippen molar-refractivity contribution in [3.05, 3.63) is 182 Å². The molecule has 0 unspecified atom stereocenters. The van der Waals surface area contributed by atoms with Crippen molar-refractivity contribution in [2.24, 2.45) is 0 Å². The van der Waals surface area contributed by atoms with Crippen molar-refractivity contribution in [1.82, 2.24) is 19.5 Å². The second-order valence-electron chi connectivity index (χ2n) is 14.4. The maximum Gasteiger partial charge on any atom is 0.164 e. The highest BCUT2D eigenvalue weighted by Gasteiger charge is 2.20. The summed E-state index contributed by atoms with van der Waals surface area (Å²) < 4.78 is 15.7. The van der Waals surface area contributed by atoms with Crippen LogP contribution in [0.5, 0.6) is 0 Å². The summed E-state index contributed by atoms with van der Waals surface area (Å²) in [5.74, 6) is 1.82. The lowest BCUT2D eigenvalue weighted by molar-refractivity contribution is 0.668. The molecule has 0 amide bonds. The maximum atomic E-state index is 6.73. The number of nitrogens with zero attached hydrogens (tertiary/aromatic N) is 4. The summed E-state index contributed by atoms with van der Waals surface area (Å²) in [6.45, 7) is 0. The van der Waals surface area contributed by atoms with Gasteiger partial charge in [-0.05, 0) is 54.1 Å². The first-order chi connectivity index (χ1) is 28.2. The zero-order valence-electron chi connectivity index (χ0n) is 30.4. The standard InChI is InChI=1S/C51H30N4O2/c1-3-13-31(14-4-1)49-52-50(32-15-5-2-6-16-32)54-51(53-49)33-25-27-40-46(29-33)56-45-24-12-19-37(47(40)45)38-20-11-21-39-41-30-34(26-28-44(41)57-48(38)39)55-42-22-9-7-17-35(42)36-18-8-10-23-43(36)55/h1-30H. The summed E-state index contributed by atoms with van der Waals surface area (Å²) in [6, 6.07) is 62.6. The van der Waals surface area contributed by atoms with E-state index in [2.05, 4.69) is 108 Å². The summed E-state index contributed by atoms with van der Waals surface area (Å²) in [5.41, 5.74) is 11.4. The first-order valence-corrected chi connectivity index (χ1v) is 19.0. The van der Waals surface area contributed by atoms with Crippen molar-refractivity contribution >= 4 is 65.7 Å². The van der Waals surface area contributed by atoms with Crippen molar-refractivity contribution < 1.29 is 8.83 Å². The highest BCUT2D eigenvalue weighted by atomic mass is 16.3. The van der Waals surface area contributed by atoms with E-state index in [9.17, 15) is 0 Å². The van der Waals surface area contributed by atoms with Crippen molar-refractivity contribution in [3.63, 3.8) is 0 Å². The second kappa shape index (κ2) is 12.3. The van der Waals surface area contributed by atoms with E-state index in [1.54, 1.807) is 0 Å². The fraction of sp³-hybridized carbons (Fsp3) is 0. The monoisotopic (exact) mass is 730 g/mol. The molecular formula is C51H30N4O2. The molecule has 0 aliphatic rings. The number of fused-ring (bicyclic) bond motifs is 9. The Morgan fingerprint density at radius 3 is 1.65 bits per heavy atom. The minimum atomic E-state index is 0.581. The molecule has 266 valence electrons. The fourth-order valence-electron chi connectivity index (χ4n) is 8.47. The summed E-state index contributed by atoms with van der Waals surface area (Å²) >= 11 is 0. The molecule has 12 aromatic rings. The van der Waals surface area contributed by atoms with Crippen LogP contribution in [-0.4, -0.2) is 19.5 Å². The van der Waals surface area contributed by atoms with Gasteiger partial charge in [0.1, 0.15) is 22.3 Å². The van der Waals surface area contributed by atoms with Crippen molar-refractivity contribution in [1.29, 1.82) is 0 Å². The number of furan rings is 2. The van der Waals surface area contributed by atoms with Crippen LogP contribution in [0.15, 0.2) is 191 Å². The van der Waals surface area contributed by atoms with Gasteiger partial charge < -0.3 is 13.4 Å². The van der Waals surface area contributed by atoms with Gasteiger partial charge >= 0.3 is 0 Å². The third-order valence-corrected chi connectivity index (χ3v) is 11.1. The molecule has 0 saturated heterocycles. The molecule has 0 saturated carbocycles. The predicted molar refractivity (Wildman–Crippen MR) is 230 cm³/mol. The minimum Gasteiger partial charge on any atom is -0.456 e. The lowest BCUT2D eigenvalue weighted by Gasteiger charge is -2.08. The first kappa shape index (κ1) is 31.5. The van der Waals surface area contributed by atoms with Crippen LogP contribution in [-0.2, 0) is 0 Å². The van der Waals surface area contributed by atoms with E-state index >= 15 is 0 Å². The smallest absolute Gasteiger partial charge is 0.164 e. The third-order valence-electron chi connectivity index (χ3n) is 11.1. The van der Waals surface area contributed by atoms with Crippen LogP contribution in [0.25, 0.3) is 117 Å². The third kappa shape index (κ3) is 4.94. The molecule has 4 heterocycles. The van der Waals surface area contributed by atoms with Gasteiger partial charge in [-0.25, -0.2) is 15.0 Å². The van der Waals surface area contributed by atoms with Gasteiger partial charge in [-0.15, -0.1) is 0 Å². The Morgan fingerprint density at radius 2 is 0.947 bits per heavy atom. The molecule has 0 fully saturated rings. The normalized spacial score (nSPS) is 11.9. The van der Waals surface area contributed by atoms with Gasteiger partial charge in [-0.2, -0.15) is 0 Å². The molecule has 57 heavy (non-hydrogen) atoms. The van der Waals surface area contributed by atoms with Gasteiger partial charge in [0, 0.05) is 60.3 Å². The molecule has 6 heteroatoms. The minimum absolute atomic E-state index is 0.581. The summed E-state index contributed by atoms with van der Waals surface area (Å²) in [4.78, 5) is 14.8. The van der Waals surface area contributed by atoms with E-state index in [-0.39, 0.29) is 0 Å². The first-order valence-electron chi connectivity index (χ1n) is 19.0. The topological polar surface area (TPSA) is 69.9 Å². The molecule has 6 nitrogen and oxygen atoms in total. The molecule has 0 aliphatic carbocycles. The average molecular weight is 731 g/mol. The Balaban J connectivity index is 1.00. The Morgan fingerprint density at radius 1 is 0.351 bits per heavy atom.